The Morgan fingerprint density at radius 2 is 1.75 bits per heavy atom. The lowest BCUT2D eigenvalue weighted by atomic mass is 10.0. The minimum Gasteiger partial charge on any atom is -0.493 e. The third-order valence-corrected chi connectivity index (χ3v) is 6.43. The van der Waals surface area contributed by atoms with Gasteiger partial charge >= 0.3 is 0 Å². The summed E-state index contributed by atoms with van der Waals surface area (Å²) in [7, 11) is 3.19. The van der Waals surface area contributed by atoms with E-state index in [-0.39, 0.29) is 17.3 Å². The number of ketones is 1. The van der Waals surface area contributed by atoms with Gasteiger partial charge in [-0.15, -0.1) is 11.6 Å². The van der Waals surface area contributed by atoms with E-state index in [1.54, 1.807) is 20.3 Å². The van der Waals surface area contributed by atoms with E-state index in [1.807, 2.05) is 36.4 Å². The third kappa shape index (κ3) is 6.37. The number of carbonyl (C=O) groups is 1. The van der Waals surface area contributed by atoms with Crippen molar-refractivity contribution in [3.63, 3.8) is 0 Å². The number of para-hydroxylation sites is 1. The summed E-state index contributed by atoms with van der Waals surface area (Å²) >= 11 is 6.58. The van der Waals surface area contributed by atoms with Crippen molar-refractivity contribution in [3.8, 4) is 17.2 Å². The van der Waals surface area contributed by atoms with Crippen molar-refractivity contribution >= 4 is 17.4 Å². The molecular formula is C25H33ClN2O4. The predicted molar refractivity (Wildman–Crippen MR) is 127 cm³/mol. The Morgan fingerprint density at radius 1 is 1.03 bits per heavy atom. The van der Waals surface area contributed by atoms with Crippen LogP contribution in [0.5, 0.6) is 17.2 Å². The van der Waals surface area contributed by atoms with E-state index in [4.69, 9.17) is 31.5 Å². The molecule has 0 spiro atoms. The molecule has 3 rings (SSSR count). The lowest BCUT2D eigenvalue weighted by molar-refractivity contribution is 0.0967. The van der Waals surface area contributed by atoms with Crippen LogP contribution in [0.15, 0.2) is 42.5 Å². The molecule has 6 nitrogen and oxygen atoms in total. The fourth-order valence-electron chi connectivity index (χ4n) is 3.96. The summed E-state index contributed by atoms with van der Waals surface area (Å²) in [6, 6.07) is 12.7. The first-order valence-corrected chi connectivity index (χ1v) is 11.6. The molecule has 174 valence electrons. The van der Waals surface area contributed by atoms with Crippen LogP contribution in [0.4, 0.5) is 0 Å². The van der Waals surface area contributed by atoms with Crippen LogP contribution in [0, 0.1) is 0 Å². The fourth-order valence-corrected chi connectivity index (χ4v) is 4.28. The molecule has 7 heteroatoms. The Balaban J connectivity index is 1.58. The van der Waals surface area contributed by atoms with E-state index in [9.17, 15) is 4.79 Å². The molecule has 1 fully saturated rings. The summed E-state index contributed by atoms with van der Waals surface area (Å²) in [6.07, 6.45) is 4.41. The number of Topliss-reactive ketones (excluding diaryl/α,β-unsaturated/α-hetero) is 1. The van der Waals surface area contributed by atoms with E-state index < -0.39 is 0 Å². The molecule has 1 saturated heterocycles. The van der Waals surface area contributed by atoms with Crippen molar-refractivity contribution < 1.29 is 19.0 Å². The molecule has 0 saturated carbocycles. The molecule has 1 aliphatic heterocycles. The van der Waals surface area contributed by atoms with Gasteiger partial charge in [0.05, 0.1) is 19.8 Å². The SMILES string of the molecule is COc1ccc(COc2ccccc2C(=O)CCC(N)C(Cl)N2CCCCC2)cc1OC. The molecule has 0 amide bonds. The molecule has 2 unspecified atom stereocenters. The zero-order valence-electron chi connectivity index (χ0n) is 18.9. The van der Waals surface area contributed by atoms with Gasteiger partial charge in [0.25, 0.3) is 0 Å². The molecule has 1 heterocycles. The molecular weight excluding hydrogens is 428 g/mol. The van der Waals surface area contributed by atoms with Crippen LogP contribution < -0.4 is 19.9 Å². The van der Waals surface area contributed by atoms with Gasteiger partial charge in [0.2, 0.25) is 0 Å². The Kier molecular flexibility index (Phi) is 9.21. The van der Waals surface area contributed by atoms with Crippen molar-refractivity contribution in [2.75, 3.05) is 27.3 Å². The summed E-state index contributed by atoms with van der Waals surface area (Å²) in [4.78, 5) is 15.2. The third-order valence-electron chi connectivity index (χ3n) is 5.83. The maximum Gasteiger partial charge on any atom is 0.166 e. The van der Waals surface area contributed by atoms with Crippen molar-refractivity contribution in [1.82, 2.24) is 4.90 Å². The first-order chi connectivity index (χ1) is 15.5. The number of piperidine rings is 1. The van der Waals surface area contributed by atoms with Crippen LogP contribution in [0.25, 0.3) is 0 Å². The number of rotatable bonds is 11. The number of halogens is 1. The Labute approximate surface area is 195 Å². The normalized spacial score (nSPS) is 16.2. The van der Waals surface area contributed by atoms with Crippen molar-refractivity contribution in [3.05, 3.63) is 53.6 Å². The van der Waals surface area contributed by atoms with Crippen LogP contribution in [0.1, 0.15) is 48.0 Å². The number of likely N-dealkylation sites (tertiary alicyclic amines) is 1. The Morgan fingerprint density at radius 3 is 2.47 bits per heavy atom. The number of hydrogen-bond donors (Lipinski definition) is 1. The average molecular weight is 461 g/mol. The second-order valence-corrected chi connectivity index (χ2v) is 8.52. The first-order valence-electron chi connectivity index (χ1n) is 11.1. The molecule has 2 N–H and O–H groups in total. The number of methoxy groups -OCH3 is 2. The highest BCUT2D eigenvalue weighted by atomic mass is 35.5. The number of nitrogens with two attached hydrogens (primary N) is 1. The zero-order chi connectivity index (χ0) is 22.9. The molecule has 0 radical (unpaired) electrons. The summed E-state index contributed by atoms with van der Waals surface area (Å²) in [5, 5.41) is 0. The largest absolute Gasteiger partial charge is 0.493 e. The van der Waals surface area contributed by atoms with Gasteiger partial charge in [0.15, 0.2) is 17.3 Å². The summed E-state index contributed by atoms with van der Waals surface area (Å²) in [5.41, 5.74) is 7.56. The van der Waals surface area contributed by atoms with E-state index in [0.29, 0.717) is 42.3 Å². The Hall–Kier alpha value is -2.28. The molecule has 0 bridgehead atoms. The minimum absolute atomic E-state index is 0.00544. The highest BCUT2D eigenvalue weighted by Crippen LogP contribution is 2.29. The molecule has 2 aromatic rings. The molecule has 0 aromatic heterocycles. The number of nitrogens with zero attached hydrogens (tertiary/aromatic N) is 1. The van der Waals surface area contributed by atoms with Crippen LogP contribution in [0.2, 0.25) is 0 Å². The van der Waals surface area contributed by atoms with E-state index in [0.717, 1.165) is 31.5 Å². The van der Waals surface area contributed by atoms with E-state index >= 15 is 0 Å². The van der Waals surface area contributed by atoms with E-state index in [1.165, 1.54) is 6.42 Å². The smallest absolute Gasteiger partial charge is 0.166 e. The molecule has 2 atom stereocenters. The van der Waals surface area contributed by atoms with Crippen molar-refractivity contribution in [2.45, 2.75) is 50.3 Å². The second-order valence-electron chi connectivity index (χ2n) is 8.07. The molecule has 32 heavy (non-hydrogen) atoms. The van der Waals surface area contributed by atoms with Crippen LogP contribution in [-0.2, 0) is 6.61 Å². The average Bonchev–Trinajstić information content (AvgIpc) is 2.85. The topological polar surface area (TPSA) is 74.0 Å². The monoisotopic (exact) mass is 460 g/mol. The van der Waals surface area contributed by atoms with Gasteiger partial charge in [0.1, 0.15) is 17.9 Å². The highest BCUT2D eigenvalue weighted by Gasteiger charge is 2.25. The lowest BCUT2D eigenvalue weighted by Crippen LogP contribution is -2.46. The van der Waals surface area contributed by atoms with Crippen LogP contribution >= 0.6 is 11.6 Å². The first kappa shape index (κ1) is 24.4. The van der Waals surface area contributed by atoms with Crippen LogP contribution in [0.3, 0.4) is 0 Å². The molecule has 2 aromatic carbocycles. The number of alkyl halides is 1. The van der Waals surface area contributed by atoms with Gasteiger partial charge in [-0.3, -0.25) is 9.69 Å². The minimum atomic E-state index is -0.251. The van der Waals surface area contributed by atoms with Gasteiger partial charge in [0, 0.05) is 12.5 Å². The van der Waals surface area contributed by atoms with E-state index in [2.05, 4.69) is 4.90 Å². The predicted octanol–water partition coefficient (Wildman–Crippen LogP) is 4.62. The lowest BCUT2D eigenvalue weighted by Gasteiger charge is -2.33. The summed E-state index contributed by atoms with van der Waals surface area (Å²) in [6.45, 7) is 2.26. The van der Waals surface area contributed by atoms with Gasteiger partial charge in [-0.1, -0.05) is 24.6 Å². The maximum absolute atomic E-state index is 12.9. The molecule has 1 aliphatic rings. The number of ether oxygens (including phenoxy) is 3. The maximum atomic E-state index is 12.9. The van der Waals surface area contributed by atoms with Crippen LogP contribution in [-0.4, -0.2) is 49.5 Å². The number of benzene rings is 2. The molecule has 0 aliphatic carbocycles. The standard InChI is InChI=1S/C25H33ClN2O4/c1-30-23-13-10-18(16-24(23)31-2)17-32-22-9-5-4-8-19(22)21(29)12-11-20(27)25(26)28-14-6-3-7-15-28/h4-5,8-10,13,16,20,25H,3,6-7,11-12,14-15,17,27H2,1-2H3. The second kappa shape index (κ2) is 12.1. The number of hydrogen-bond acceptors (Lipinski definition) is 6. The van der Waals surface area contributed by atoms with Gasteiger partial charge in [-0.25, -0.2) is 0 Å². The van der Waals surface area contributed by atoms with Gasteiger partial charge in [-0.05, 0) is 62.2 Å². The Bertz CT molecular complexity index is 886. The number of carbonyl (C=O) groups excluding carboxylic acids is 1. The fraction of sp³-hybridized carbons (Fsp3) is 0.480. The summed E-state index contributed by atoms with van der Waals surface area (Å²) < 4.78 is 16.6. The van der Waals surface area contributed by atoms with Gasteiger partial charge in [-0.2, -0.15) is 0 Å². The quantitative estimate of drug-likeness (QED) is 0.299. The highest BCUT2D eigenvalue weighted by molar-refractivity contribution is 6.20. The summed E-state index contributed by atoms with van der Waals surface area (Å²) in [5.74, 6) is 1.85. The van der Waals surface area contributed by atoms with Gasteiger partial charge < -0.3 is 19.9 Å². The van der Waals surface area contributed by atoms with Crippen molar-refractivity contribution in [1.29, 1.82) is 0 Å². The van der Waals surface area contributed by atoms with Crippen molar-refractivity contribution in [2.24, 2.45) is 5.73 Å². The zero-order valence-corrected chi connectivity index (χ0v) is 19.6.